The lowest BCUT2D eigenvalue weighted by molar-refractivity contribution is 0.162. The Bertz CT molecular complexity index is 112. The Morgan fingerprint density at radius 1 is 0.571 bits per heavy atom. The zero-order valence-electron chi connectivity index (χ0n) is 11.2. The van der Waals surface area contributed by atoms with E-state index in [1.807, 2.05) is 13.8 Å². The van der Waals surface area contributed by atoms with Crippen molar-refractivity contribution < 1.29 is 62.2 Å². The molecule has 8 N–H and O–H groups in total. The van der Waals surface area contributed by atoms with E-state index in [0.717, 1.165) is 13.2 Å². The average Bonchev–Trinajstić information content (AvgIpc) is 2.14. The van der Waals surface area contributed by atoms with E-state index in [2.05, 4.69) is 0 Å². The predicted molar refractivity (Wildman–Crippen MR) is 67.4 cm³/mol. The van der Waals surface area contributed by atoms with E-state index >= 15 is 0 Å². The van der Waals surface area contributed by atoms with Gasteiger partial charge in [0, 0.05) is 13.2 Å². The molecule has 0 bridgehead atoms. The van der Waals surface area contributed by atoms with Crippen LogP contribution in [-0.2, 0) is 4.74 Å². The van der Waals surface area contributed by atoms with Gasteiger partial charge in [-0.15, -0.1) is 0 Å². The van der Waals surface area contributed by atoms with Gasteiger partial charge >= 0.3 is 29.6 Å². The van der Waals surface area contributed by atoms with E-state index in [1.54, 1.807) is 0 Å². The number of halogens is 4. The van der Waals surface area contributed by atoms with E-state index in [-0.39, 0.29) is 0 Å². The van der Waals surface area contributed by atoms with Gasteiger partial charge < -0.3 is 44.9 Å². The molecule has 0 rings (SSSR count). The third-order valence-electron chi connectivity index (χ3n) is 0.408. The molecule has 0 aliphatic carbocycles. The molecule has 0 saturated heterocycles. The lowest BCUT2D eigenvalue weighted by Gasteiger charge is -1.86. The molecule has 0 saturated carbocycles. The lowest BCUT2D eigenvalue weighted by atomic mass is 10.3. The molecule has 21 heavy (non-hydrogen) atoms. The van der Waals surface area contributed by atoms with Crippen LogP contribution in [0.4, 0.5) is 17.3 Å². The second-order valence-corrected chi connectivity index (χ2v) is 2.02. The normalized spacial score (nSPS) is 7.14. The summed E-state index contributed by atoms with van der Waals surface area (Å²) in [5.41, 5.74) is 0. The van der Waals surface area contributed by atoms with Crippen LogP contribution in [-0.4, -0.2) is 83.0 Å². The highest BCUT2D eigenvalue weighted by Gasteiger charge is 1.98. The highest BCUT2D eigenvalue weighted by molar-refractivity contribution is 6.32. The fraction of sp³-hybridized carbons (Fsp3) is 1.00. The van der Waals surface area contributed by atoms with Gasteiger partial charge in [0.15, 0.2) is 0 Å². The summed E-state index contributed by atoms with van der Waals surface area (Å²) in [6.45, 7) is 5.67. The molecule has 9 nitrogen and oxygen atoms in total. The van der Waals surface area contributed by atoms with Gasteiger partial charge in [-0.2, -0.15) is 0 Å². The predicted octanol–water partition coefficient (Wildman–Crippen LogP) is -3.26. The van der Waals surface area contributed by atoms with Gasteiger partial charge in [-0.05, 0) is 13.8 Å². The number of hydrogen-bond donors (Lipinski definition) is 8. The summed E-state index contributed by atoms with van der Waals surface area (Å²) >= 11 is 0. The quantitative estimate of drug-likeness (QED) is 0.191. The molecule has 0 amide bonds. The maximum absolute atomic E-state index is 10.1. The number of ether oxygens (including phenoxy) is 1. The van der Waals surface area contributed by atoms with Crippen molar-refractivity contribution in [2.24, 2.45) is 0 Å². The standard InChI is InChI=1S/C4H10O.4BFH2O2/c1-3-5-4-2;4*2-1(3)4/h3-4H2,1-2H3;4*3-4H. The average molecular weight is 329 g/mol. The van der Waals surface area contributed by atoms with Crippen molar-refractivity contribution in [1.29, 1.82) is 0 Å². The number of hydrogen-bond acceptors (Lipinski definition) is 9. The second-order valence-electron chi connectivity index (χ2n) is 2.02. The lowest BCUT2D eigenvalue weighted by Crippen LogP contribution is -1.98. The van der Waals surface area contributed by atoms with Gasteiger partial charge in [0.1, 0.15) is 0 Å². The minimum atomic E-state index is -2.67. The van der Waals surface area contributed by atoms with E-state index < -0.39 is 29.6 Å². The van der Waals surface area contributed by atoms with Gasteiger partial charge in [0.2, 0.25) is 0 Å². The summed E-state index contributed by atoms with van der Waals surface area (Å²) in [6, 6.07) is 0. The van der Waals surface area contributed by atoms with Crippen molar-refractivity contribution >= 4 is 29.6 Å². The van der Waals surface area contributed by atoms with Crippen LogP contribution in [0.5, 0.6) is 0 Å². The minimum Gasteiger partial charge on any atom is -0.398 e. The van der Waals surface area contributed by atoms with E-state index in [4.69, 9.17) is 44.9 Å². The van der Waals surface area contributed by atoms with Crippen molar-refractivity contribution in [3.05, 3.63) is 0 Å². The Hall–Kier alpha value is -0.380. The van der Waals surface area contributed by atoms with Crippen LogP contribution < -0.4 is 0 Å². The SMILES string of the molecule is CCOCC.OB(O)F.OB(O)F.OB(O)F.OB(O)F. The first-order valence-electron chi connectivity index (χ1n) is 4.93. The Labute approximate surface area is 120 Å². The van der Waals surface area contributed by atoms with Crippen molar-refractivity contribution in [2.75, 3.05) is 13.2 Å². The Kier molecular flexibility index (Phi) is 49.3. The summed E-state index contributed by atoms with van der Waals surface area (Å²) in [5, 5.41) is 55.6. The maximum Gasteiger partial charge on any atom is 0.674 e. The molecule has 17 heteroatoms. The summed E-state index contributed by atoms with van der Waals surface area (Å²) in [6.07, 6.45) is 0. The largest absolute Gasteiger partial charge is 0.674 e. The molecule has 128 valence electrons. The van der Waals surface area contributed by atoms with Crippen molar-refractivity contribution in [3.8, 4) is 0 Å². The summed E-state index contributed by atoms with van der Waals surface area (Å²) < 4.78 is 45.3. The molecule has 0 aliphatic heterocycles. The summed E-state index contributed by atoms with van der Waals surface area (Å²) in [5.74, 6) is 0. The molecule has 0 aromatic carbocycles. The second kappa shape index (κ2) is 31.8. The molecule has 0 spiro atoms. The Morgan fingerprint density at radius 2 is 0.667 bits per heavy atom. The van der Waals surface area contributed by atoms with Gasteiger partial charge in [-0.25, -0.2) is 0 Å². The van der Waals surface area contributed by atoms with Crippen LogP contribution in [0.25, 0.3) is 0 Å². The molecule has 0 unspecified atom stereocenters. The molecule has 0 aromatic rings. The highest BCUT2D eigenvalue weighted by Crippen LogP contribution is 1.64. The molecule has 0 fully saturated rings. The highest BCUT2D eigenvalue weighted by atomic mass is 19.1. The molecule has 0 heterocycles. The fourth-order valence-corrected chi connectivity index (χ4v) is 0.204. The van der Waals surface area contributed by atoms with Crippen molar-refractivity contribution in [3.63, 3.8) is 0 Å². The van der Waals surface area contributed by atoms with Gasteiger partial charge in [-0.1, -0.05) is 0 Å². The summed E-state index contributed by atoms with van der Waals surface area (Å²) in [4.78, 5) is 0. The zero-order chi connectivity index (χ0) is 18.4. The first-order valence-corrected chi connectivity index (χ1v) is 4.93. The van der Waals surface area contributed by atoms with E-state index in [1.165, 1.54) is 0 Å². The molecular weight excluding hydrogens is 311 g/mol. The molecular formula is C4H18B4F4O9. The van der Waals surface area contributed by atoms with Gasteiger partial charge in [0.25, 0.3) is 0 Å². The number of rotatable bonds is 2. The molecule has 0 aliphatic rings. The third kappa shape index (κ3) is 2320. The fourth-order valence-electron chi connectivity index (χ4n) is 0.204. The van der Waals surface area contributed by atoms with Crippen LogP contribution in [0, 0.1) is 0 Å². The summed E-state index contributed by atoms with van der Waals surface area (Å²) in [7, 11) is -10.7. The first kappa shape index (κ1) is 32.5. The monoisotopic (exact) mass is 330 g/mol. The molecule has 0 radical (unpaired) electrons. The zero-order valence-corrected chi connectivity index (χ0v) is 11.2. The van der Waals surface area contributed by atoms with Gasteiger partial charge in [0.05, 0.1) is 0 Å². The van der Waals surface area contributed by atoms with Crippen LogP contribution in [0.2, 0.25) is 0 Å². The molecule has 0 atom stereocenters. The molecule has 0 aromatic heterocycles. The van der Waals surface area contributed by atoms with Crippen molar-refractivity contribution in [1.82, 2.24) is 0 Å². The van der Waals surface area contributed by atoms with Gasteiger partial charge in [-0.3, -0.25) is 17.3 Å². The van der Waals surface area contributed by atoms with E-state index in [0.29, 0.717) is 0 Å². The van der Waals surface area contributed by atoms with Crippen LogP contribution in [0.1, 0.15) is 13.8 Å². The van der Waals surface area contributed by atoms with Crippen molar-refractivity contribution in [2.45, 2.75) is 13.8 Å². The topological polar surface area (TPSA) is 171 Å². The minimum absolute atomic E-state index is 0.844. The third-order valence-corrected chi connectivity index (χ3v) is 0.408. The maximum atomic E-state index is 10.1. The Morgan fingerprint density at radius 3 is 0.667 bits per heavy atom. The first-order chi connectivity index (χ1) is 9.34. The van der Waals surface area contributed by atoms with Crippen LogP contribution >= 0.6 is 0 Å². The van der Waals surface area contributed by atoms with Crippen LogP contribution in [0.3, 0.4) is 0 Å². The Balaban J connectivity index is -0.0000000510. The van der Waals surface area contributed by atoms with Crippen LogP contribution in [0.15, 0.2) is 0 Å². The van der Waals surface area contributed by atoms with E-state index in [9.17, 15) is 17.3 Å². The smallest absolute Gasteiger partial charge is 0.398 e.